The number of carboxylic acid groups (broad SMARTS) is 1. The van der Waals surface area contributed by atoms with E-state index in [4.69, 9.17) is 9.84 Å². The molecule has 0 heterocycles. The minimum Gasteiger partial charge on any atom is -0.478 e. The molecule has 0 spiro atoms. The highest BCUT2D eigenvalue weighted by molar-refractivity contribution is 5.92. The van der Waals surface area contributed by atoms with Crippen molar-refractivity contribution in [3.63, 3.8) is 0 Å². The van der Waals surface area contributed by atoms with E-state index in [0.717, 1.165) is 18.7 Å². The molecule has 0 saturated heterocycles. The van der Waals surface area contributed by atoms with Crippen LogP contribution in [0.1, 0.15) is 22.3 Å². The van der Waals surface area contributed by atoms with Gasteiger partial charge in [0.15, 0.2) is 0 Å². The molecule has 0 aliphatic rings. The largest absolute Gasteiger partial charge is 0.478 e. The number of benzene rings is 3. The van der Waals surface area contributed by atoms with Crippen molar-refractivity contribution >= 4 is 17.6 Å². The van der Waals surface area contributed by atoms with E-state index in [1.165, 1.54) is 12.1 Å². The Kier molecular flexibility index (Phi) is 9.34. The van der Waals surface area contributed by atoms with Crippen LogP contribution in [0.15, 0.2) is 72.8 Å². The van der Waals surface area contributed by atoms with Crippen LogP contribution in [0.4, 0.5) is 10.1 Å². The normalized spacial score (nSPS) is 11.0. The lowest BCUT2D eigenvalue weighted by Gasteiger charge is -2.20. The first-order valence-electron chi connectivity index (χ1n) is 11.3. The standard InChI is InChI=1S/C27H30FN3O4/c1-30(18-20-9-14-24(27(33)34)25(28)17-20)15-6-16-31(2)19-26(32)29-21-10-12-23(13-11-21)35-22-7-4-3-5-8-22/h3-5,7-14,17H,6,15-16,18-19H2,1-2H3,(H,29,32)(H,33,34). The zero-order chi connectivity index (χ0) is 25.2. The first-order chi connectivity index (χ1) is 16.8. The van der Waals surface area contributed by atoms with Crippen LogP contribution in [0, 0.1) is 5.82 Å². The van der Waals surface area contributed by atoms with Crippen LogP contribution >= 0.6 is 0 Å². The van der Waals surface area contributed by atoms with E-state index >= 15 is 0 Å². The summed E-state index contributed by atoms with van der Waals surface area (Å²) in [6.45, 7) is 2.23. The van der Waals surface area contributed by atoms with Gasteiger partial charge in [-0.15, -0.1) is 0 Å². The van der Waals surface area contributed by atoms with Crippen molar-refractivity contribution in [3.05, 3.63) is 89.7 Å². The van der Waals surface area contributed by atoms with E-state index in [1.807, 2.05) is 66.4 Å². The van der Waals surface area contributed by atoms with Crippen LogP contribution < -0.4 is 10.1 Å². The molecule has 8 heteroatoms. The quantitative estimate of drug-likeness (QED) is 0.392. The number of rotatable bonds is 12. The molecule has 2 N–H and O–H groups in total. The van der Waals surface area contributed by atoms with Gasteiger partial charge in [0.2, 0.25) is 5.91 Å². The maximum Gasteiger partial charge on any atom is 0.338 e. The third-order valence-electron chi connectivity index (χ3n) is 5.33. The maximum absolute atomic E-state index is 13.8. The van der Waals surface area contributed by atoms with Crippen molar-refractivity contribution in [3.8, 4) is 11.5 Å². The summed E-state index contributed by atoms with van der Waals surface area (Å²) in [6, 6.07) is 20.9. The summed E-state index contributed by atoms with van der Waals surface area (Å²) >= 11 is 0. The molecule has 184 valence electrons. The predicted octanol–water partition coefficient (Wildman–Crippen LogP) is 4.71. The Hall–Kier alpha value is -3.75. The SMILES string of the molecule is CN(CCCN(C)Cc1ccc(C(=O)O)c(F)c1)CC(=O)Nc1ccc(Oc2ccccc2)cc1. The Balaban J connectivity index is 1.36. The number of nitrogens with zero attached hydrogens (tertiary/aromatic N) is 2. The first kappa shape index (κ1) is 25.9. The van der Waals surface area contributed by atoms with Gasteiger partial charge in [-0.3, -0.25) is 9.69 Å². The molecule has 35 heavy (non-hydrogen) atoms. The van der Waals surface area contributed by atoms with Gasteiger partial charge in [0, 0.05) is 12.2 Å². The smallest absolute Gasteiger partial charge is 0.338 e. The molecule has 7 nitrogen and oxygen atoms in total. The third kappa shape index (κ3) is 8.51. The summed E-state index contributed by atoms with van der Waals surface area (Å²) in [7, 11) is 3.80. The van der Waals surface area contributed by atoms with E-state index in [2.05, 4.69) is 5.32 Å². The Morgan fingerprint density at radius 1 is 0.914 bits per heavy atom. The summed E-state index contributed by atoms with van der Waals surface area (Å²) in [5.74, 6) is -0.668. The summed E-state index contributed by atoms with van der Waals surface area (Å²) < 4.78 is 19.6. The molecule has 0 fully saturated rings. The predicted molar refractivity (Wildman–Crippen MR) is 133 cm³/mol. The van der Waals surface area contributed by atoms with Gasteiger partial charge >= 0.3 is 5.97 Å². The molecule has 0 saturated carbocycles. The van der Waals surface area contributed by atoms with Crippen molar-refractivity contribution in [1.82, 2.24) is 9.80 Å². The van der Waals surface area contributed by atoms with E-state index in [0.29, 0.717) is 30.1 Å². The molecular weight excluding hydrogens is 449 g/mol. The molecule has 3 aromatic carbocycles. The highest BCUT2D eigenvalue weighted by Crippen LogP contribution is 2.22. The highest BCUT2D eigenvalue weighted by Gasteiger charge is 2.12. The van der Waals surface area contributed by atoms with Crippen LogP contribution in [-0.4, -0.2) is 60.5 Å². The van der Waals surface area contributed by atoms with E-state index in [-0.39, 0.29) is 18.0 Å². The van der Waals surface area contributed by atoms with Crippen molar-refractivity contribution in [2.24, 2.45) is 0 Å². The topological polar surface area (TPSA) is 82.1 Å². The number of carbonyl (C=O) groups excluding carboxylic acids is 1. The van der Waals surface area contributed by atoms with Gasteiger partial charge in [-0.25, -0.2) is 9.18 Å². The molecule has 0 aromatic heterocycles. The number of carbonyl (C=O) groups is 2. The number of amides is 1. The van der Waals surface area contributed by atoms with Crippen molar-refractivity contribution < 1.29 is 23.8 Å². The summed E-state index contributed by atoms with van der Waals surface area (Å²) in [5.41, 5.74) is 1.08. The monoisotopic (exact) mass is 479 g/mol. The Morgan fingerprint density at radius 3 is 2.23 bits per heavy atom. The second-order valence-corrected chi connectivity index (χ2v) is 8.44. The molecular formula is C27H30FN3O4. The molecule has 0 atom stereocenters. The van der Waals surface area contributed by atoms with Crippen LogP contribution in [0.25, 0.3) is 0 Å². The average Bonchev–Trinajstić information content (AvgIpc) is 2.80. The van der Waals surface area contributed by atoms with E-state index < -0.39 is 11.8 Å². The third-order valence-corrected chi connectivity index (χ3v) is 5.33. The Bertz CT molecular complexity index is 1120. The van der Waals surface area contributed by atoms with Gasteiger partial charge in [0.1, 0.15) is 17.3 Å². The zero-order valence-corrected chi connectivity index (χ0v) is 19.9. The lowest BCUT2D eigenvalue weighted by Crippen LogP contribution is -2.32. The van der Waals surface area contributed by atoms with Gasteiger partial charge in [-0.1, -0.05) is 24.3 Å². The van der Waals surface area contributed by atoms with Crippen LogP contribution in [-0.2, 0) is 11.3 Å². The number of aromatic carboxylic acids is 1. The summed E-state index contributed by atoms with van der Waals surface area (Å²) in [5, 5.41) is 11.8. The second kappa shape index (κ2) is 12.6. The molecule has 0 aliphatic carbocycles. The van der Waals surface area contributed by atoms with Gasteiger partial charge < -0.3 is 20.1 Å². The van der Waals surface area contributed by atoms with Crippen LogP contribution in [0.2, 0.25) is 0 Å². The zero-order valence-electron chi connectivity index (χ0n) is 19.9. The van der Waals surface area contributed by atoms with Crippen molar-refractivity contribution in [2.45, 2.75) is 13.0 Å². The van der Waals surface area contributed by atoms with Crippen LogP contribution in [0.3, 0.4) is 0 Å². The fourth-order valence-electron chi connectivity index (χ4n) is 3.59. The lowest BCUT2D eigenvalue weighted by molar-refractivity contribution is -0.117. The fourth-order valence-corrected chi connectivity index (χ4v) is 3.59. The number of hydrogen-bond donors (Lipinski definition) is 2. The van der Waals surface area contributed by atoms with Crippen molar-refractivity contribution in [1.29, 1.82) is 0 Å². The number of ether oxygens (including phenoxy) is 1. The molecule has 0 radical (unpaired) electrons. The first-order valence-corrected chi connectivity index (χ1v) is 11.3. The highest BCUT2D eigenvalue weighted by atomic mass is 19.1. The Labute approximate surface area is 204 Å². The maximum atomic E-state index is 13.8. The van der Waals surface area contributed by atoms with Gasteiger partial charge in [-0.05, 0) is 87.7 Å². The van der Waals surface area contributed by atoms with Gasteiger partial charge in [0.05, 0.1) is 12.1 Å². The molecule has 3 rings (SSSR count). The molecule has 0 bridgehead atoms. The number of likely N-dealkylation sites (N-methyl/N-ethyl adjacent to an activating group) is 1. The van der Waals surface area contributed by atoms with E-state index in [1.54, 1.807) is 18.2 Å². The minimum absolute atomic E-state index is 0.105. The number of carboxylic acids is 1. The number of hydrogen-bond acceptors (Lipinski definition) is 5. The molecule has 3 aromatic rings. The molecule has 0 unspecified atom stereocenters. The van der Waals surface area contributed by atoms with Crippen LogP contribution in [0.5, 0.6) is 11.5 Å². The van der Waals surface area contributed by atoms with Gasteiger partial charge in [-0.2, -0.15) is 0 Å². The number of anilines is 1. The minimum atomic E-state index is -1.27. The molecule has 0 aliphatic heterocycles. The van der Waals surface area contributed by atoms with Gasteiger partial charge in [0.25, 0.3) is 0 Å². The molecule has 1 amide bonds. The fraction of sp³-hybridized carbons (Fsp3) is 0.259. The summed E-state index contributed by atoms with van der Waals surface area (Å²) in [6.07, 6.45) is 0.821. The summed E-state index contributed by atoms with van der Waals surface area (Å²) in [4.78, 5) is 27.3. The second-order valence-electron chi connectivity index (χ2n) is 8.44. The van der Waals surface area contributed by atoms with Crippen molar-refractivity contribution in [2.75, 3.05) is 39.0 Å². The van der Waals surface area contributed by atoms with E-state index in [9.17, 15) is 14.0 Å². The average molecular weight is 480 g/mol. The number of nitrogens with one attached hydrogen (secondary N) is 1. The number of halogens is 1. The Morgan fingerprint density at radius 2 is 1.57 bits per heavy atom. The lowest BCUT2D eigenvalue weighted by atomic mass is 10.1. The number of para-hydroxylation sites is 1.